The van der Waals surface area contributed by atoms with E-state index < -0.39 is 0 Å². The van der Waals surface area contributed by atoms with Crippen LogP contribution in [0.2, 0.25) is 0 Å². The molecule has 0 amide bonds. The van der Waals surface area contributed by atoms with Crippen molar-refractivity contribution in [2.24, 2.45) is 0 Å². The van der Waals surface area contributed by atoms with Gasteiger partial charge in [0.05, 0.1) is 5.69 Å². The van der Waals surface area contributed by atoms with Crippen molar-refractivity contribution < 1.29 is 0 Å². The second kappa shape index (κ2) is 5.54. The first-order valence-corrected chi connectivity index (χ1v) is 6.64. The Kier molecular flexibility index (Phi) is 4.04. The van der Waals surface area contributed by atoms with Crippen molar-refractivity contribution in [3.8, 4) is 5.69 Å². The lowest BCUT2D eigenvalue weighted by Gasteiger charge is -2.08. The molecule has 0 aliphatic carbocycles. The number of hydrogen-bond acceptors (Lipinski definition) is 2. The summed E-state index contributed by atoms with van der Waals surface area (Å²) in [5, 5.41) is 5.94. The van der Waals surface area contributed by atoms with Crippen molar-refractivity contribution in [3.05, 3.63) is 50.3 Å². The van der Waals surface area contributed by atoms with Gasteiger partial charge in [-0.2, -0.15) is 0 Å². The summed E-state index contributed by atoms with van der Waals surface area (Å²) in [4.78, 5) is 11.9. The van der Waals surface area contributed by atoms with Crippen LogP contribution >= 0.6 is 15.9 Å². The van der Waals surface area contributed by atoms with Gasteiger partial charge in [0, 0.05) is 15.7 Å². The molecule has 0 fully saturated rings. The first kappa shape index (κ1) is 13.1. The quantitative estimate of drug-likeness (QED) is 0.907. The molecule has 96 valence electrons. The van der Waals surface area contributed by atoms with E-state index in [0.29, 0.717) is 0 Å². The van der Waals surface area contributed by atoms with E-state index in [1.165, 1.54) is 0 Å². The topological polar surface area (TPSA) is 49.8 Å². The number of likely N-dealkylation sites (N-methyl/N-ethyl adjacent to an activating group) is 1. The van der Waals surface area contributed by atoms with Crippen LogP contribution in [0.4, 0.5) is 0 Å². The number of rotatable bonds is 4. The highest BCUT2D eigenvalue weighted by Gasteiger charge is 2.12. The zero-order valence-corrected chi connectivity index (χ0v) is 12.0. The summed E-state index contributed by atoms with van der Waals surface area (Å²) < 4.78 is 2.79. The van der Waals surface area contributed by atoms with Gasteiger partial charge in [-0.1, -0.05) is 12.1 Å². The molecule has 18 heavy (non-hydrogen) atoms. The number of para-hydroxylation sites is 1. The van der Waals surface area contributed by atoms with E-state index in [4.69, 9.17) is 0 Å². The molecular weight excluding hydrogens is 294 g/mol. The van der Waals surface area contributed by atoms with Crippen molar-refractivity contribution in [1.82, 2.24) is 15.1 Å². The van der Waals surface area contributed by atoms with E-state index in [0.717, 1.165) is 34.4 Å². The third kappa shape index (κ3) is 2.42. The number of hydrogen-bond donors (Lipinski definition) is 2. The first-order chi connectivity index (χ1) is 8.65. The molecule has 0 aliphatic rings. The summed E-state index contributed by atoms with van der Waals surface area (Å²) in [7, 11) is 1.88. The molecule has 0 atom stereocenters. The molecule has 0 saturated carbocycles. The summed E-state index contributed by atoms with van der Waals surface area (Å²) in [5.74, 6) is 0. The van der Waals surface area contributed by atoms with E-state index in [1.807, 2.05) is 42.9 Å². The molecule has 1 aromatic carbocycles. The second-order valence-corrected chi connectivity index (χ2v) is 5.00. The largest absolute Gasteiger partial charge is 0.319 e. The van der Waals surface area contributed by atoms with Gasteiger partial charge in [-0.05, 0) is 55.0 Å². The van der Waals surface area contributed by atoms with Crippen LogP contribution in [0.3, 0.4) is 0 Å². The molecule has 0 spiro atoms. The molecule has 0 unspecified atom stereocenters. The first-order valence-electron chi connectivity index (χ1n) is 5.85. The van der Waals surface area contributed by atoms with Gasteiger partial charge < -0.3 is 5.32 Å². The minimum absolute atomic E-state index is 0.0153. The smallest absolute Gasteiger partial charge is 0.267 e. The Morgan fingerprint density at radius 1 is 1.39 bits per heavy atom. The molecule has 0 radical (unpaired) electrons. The van der Waals surface area contributed by atoms with Crippen molar-refractivity contribution in [2.45, 2.75) is 13.3 Å². The molecule has 2 rings (SSSR count). The molecule has 2 aromatic rings. The van der Waals surface area contributed by atoms with Crippen molar-refractivity contribution >= 4 is 15.9 Å². The number of aromatic amines is 1. The van der Waals surface area contributed by atoms with E-state index in [1.54, 1.807) is 0 Å². The maximum absolute atomic E-state index is 11.9. The Bertz CT molecular complexity index is 601. The minimum Gasteiger partial charge on any atom is -0.319 e. The number of nitrogens with one attached hydrogen (secondary N) is 2. The van der Waals surface area contributed by atoms with E-state index in [-0.39, 0.29) is 5.56 Å². The number of H-pyrrole nitrogens is 1. The SMILES string of the molecule is CNCCc1c(C)n(-c2ccccc2Br)[nH]c1=O. The van der Waals surface area contributed by atoms with Crippen LogP contribution in [0.1, 0.15) is 11.3 Å². The third-order valence-electron chi connectivity index (χ3n) is 2.98. The fraction of sp³-hybridized carbons (Fsp3) is 0.308. The molecule has 2 N–H and O–H groups in total. The molecule has 4 nitrogen and oxygen atoms in total. The summed E-state index contributed by atoms with van der Waals surface area (Å²) in [6.45, 7) is 2.76. The average Bonchev–Trinajstić information content (AvgIpc) is 2.63. The number of aromatic nitrogens is 2. The molecule has 0 aliphatic heterocycles. The highest BCUT2D eigenvalue weighted by molar-refractivity contribution is 9.10. The van der Waals surface area contributed by atoms with Gasteiger partial charge >= 0.3 is 0 Å². The van der Waals surface area contributed by atoms with Gasteiger partial charge in [0.2, 0.25) is 0 Å². The summed E-state index contributed by atoms with van der Waals surface area (Å²) in [6, 6.07) is 7.83. The molecular formula is C13H16BrN3O. The maximum atomic E-state index is 11.9. The monoisotopic (exact) mass is 309 g/mol. The zero-order chi connectivity index (χ0) is 13.1. The number of benzene rings is 1. The summed E-state index contributed by atoms with van der Waals surface area (Å²) in [6.07, 6.45) is 0.731. The highest BCUT2D eigenvalue weighted by Crippen LogP contribution is 2.21. The molecule has 0 saturated heterocycles. The molecule has 0 bridgehead atoms. The van der Waals surface area contributed by atoms with Crippen LogP contribution in [0.5, 0.6) is 0 Å². The lowest BCUT2D eigenvalue weighted by molar-refractivity contribution is 0.783. The van der Waals surface area contributed by atoms with Crippen molar-refractivity contribution in [2.75, 3.05) is 13.6 Å². The van der Waals surface area contributed by atoms with E-state index in [9.17, 15) is 4.79 Å². The predicted octanol–water partition coefficient (Wildman–Crippen LogP) is 2.00. The van der Waals surface area contributed by atoms with Gasteiger partial charge in [0.1, 0.15) is 0 Å². The summed E-state index contributed by atoms with van der Waals surface area (Å²) >= 11 is 3.50. The van der Waals surface area contributed by atoms with Crippen LogP contribution in [-0.2, 0) is 6.42 Å². The Labute approximate surface area is 114 Å². The maximum Gasteiger partial charge on any atom is 0.267 e. The molecule has 1 heterocycles. The van der Waals surface area contributed by atoms with Crippen LogP contribution in [0.25, 0.3) is 5.69 Å². The van der Waals surface area contributed by atoms with Crippen molar-refractivity contribution in [1.29, 1.82) is 0 Å². The highest BCUT2D eigenvalue weighted by atomic mass is 79.9. The zero-order valence-electron chi connectivity index (χ0n) is 10.5. The van der Waals surface area contributed by atoms with Crippen molar-refractivity contribution in [3.63, 3.8) is 0 Å². The second-order valence-electron chi connectivity index (χ2n) is 4.15. The Balaban J connectivity index is 2.48. The molecule has 1 aromatic heterocycles. The van der Waals surface area contributed by atoms with Crippen LogP contribution < -0.4 is 10.9 Å². The Morgan fingerprint density at radius 2 is 2.11 bits per heavy atom. The average molecular weight is 310 g/mol. The third-order valence-corrected chi connectivity index (χ3v) is 3.65. The molecule has 5 heteroatoms. The van der Waals surface area contributed by atoms with Gasteiger partial charge in [-0.25, -0.2) is 0 Å². The van der Waals surface area contributed by atoms with Gasteiger partial charge in [-0.3, -0.25) is 14.6 Å². The lowest BCUT2D eigenvalue weighted by Crippen LogP contribution is -2.15. The Hall–Kier alpha value is -1.33. The van der Waals surface area contributed by atoms with Gasteiger partial charge in [-0.15, -0.1) is 0 Å². The fourth-order valence-corrected chi connectivity index (χ4v) is 2.43. The van der Waals surface area contributed by atoms with Gasteiger partial charge in [0.25, 0.3) is 5.56 Å². The normalized spacial score (nSPS) is 10.8. The van der Waals surface area contributed by atoms with E-state index in [2.05, 4.69) is 26.3 Å². The standard InChI is InChI=1S/C13H16BrN3O/c1-9-10(7-8-15-2)13(18)16-17(9)12-6-4-3-5-11(12)14/h3-6,15H,7-8H2,1-2H3,(H,16,18). The van der Waals surface area contributed by atoms with Crippen LogP contribution in [0, 0.1) is 6.92 Å². The van der Waals surface area contributed by atoms with E-state index >= 15 is 0 Å². The Morgan fingerprint density at radius 3 is 2.78 bits per heavy atom. The fourth-order valence-electron chi connectivity index (χ4n) is 1.97. The lowest BCUT2D eigenvalue weighted by atomic mass is 10.2. The van der Waals surface area contributed by atoms with Crippen LogP contribution in [0.15, 0.2) is 33.5 Å². The van der Waals surface area contributed by atoms with Gasteiger partial charge in [0.15, 0.2) is 0 Å². The van der Waals surface area contributed by atoms with Crippen LogP contribution in [-0.4, -0.2) is 23.4 Å². The number of nitrogens with zero attached hydrogens (tertiary/aromatic N) is 1. The minimum atomic E-state index is -0.0153. The number of halogens is 1. The predicted molar refractivity (Wildman–Crippen MR) is 76.5 cm³/mol. The summed E-state index contributed by atoms with van der Waals surface area (Å²) in [5.41, 5.74) is 2.73.